The Bertz CT molecular complexity index is 464. The van der Waals surface area contributed by atoms with Crippen molar-refractivity contribution >= 4 is 5.91 Å². The molecule has 0 unspecified atom stereocenters. The van der Waals surface area contributed by atoms with E-state index < -0.39 is 5.54 Å². The molecule has 0 radical (unpaired) electrons. The molecule has 1 aliphatic rings. The van der Waals surface area contributed by atoms with Crippen molar-refractivity contribution in [2.45, 2.75) is 58.2 Å². The highest BCUT2D eigenvalue weighted by Gasteiger charge is 2.33. The van der Waals surface area contributed by atoms with E-state index in [1.807, 2.05) is 13.8 Å². The number of amides is 1. The Hall–Kier alpha value is -1.43. The number of nitrogens with two attached hydrogens (primary N) is 1. The standard InChI is InChI=1S/C13H23N5O/c1-4-13(14,5-2)12(19)17(3)9-11-16-15-10-7-6-8-18(10)11/h4-9,14H2,1-3H3. The number of rotatable bonds is 5. The third-order valence-corrected chi connectivity index (χ3v) is 4.10. The fourth-order valence-electron chi connectivity index (χ4n) is 2.54. The Morgan fingerprint density at radius 1 is 1.42 bits per heavy atom. The van der Waals surface area contributed by atoms with E-state index in [2.05, 4.69) is 14.8 Å². The maximum atomic E-state index is 12.4. The molecule has 2 heterocycles. The van der Waals surface area contributed by atoms with E-state index in [1.165, 1.54) is 0 Å². The molecule has 0 atom stereocenters. The average molecular weight is 265 g/mol. The summed E-state index contributed by atoms with van der Waals surface area (Å²) in [4.78, 5) is 14.1. The second kappa shape index (κ2) is 5.28. The van der Waals surface area contributed by atoms with Crippen molar-refractivity contribution in [3.8, 4) is 0 Å². The van der Waals surface area contributed by atoms with Gasteiger partial charge in [0.15, 0.2) is 5.82 Å². The second-order valence-corrected chi connectivity index (χ2v) is 5.31. The summed E-state index contributed by atoms with van der Waals surface area (Å²) < 4.78 is 2.11. The van der Waals surface area contributed by atoms with Crippen LogP contribution in [0.4, 0.5) is 0 Å². The number of carbonyl (C=O) groups excluding carboxylic acids is 1. The highest BCUT2D eigenvalue weighted by Crippen LogP contribution is 2.18. The van der Waals surface area contributed by atoms with Gasteiger partial charge in [-0.3, -0.25) is 4.79 Å². The number of hydrogen-bond donors (Lipinski definition) is 1. The van der Waals surface area contributed by atoms with Crippen molar-refractivity contribution in [1.29, 1.82) is 0 Å². The quantitative estimate of drug-likeness (QED) is 0.850. The van der Waals surface area contributed by atoms with Gasteiger partial charge in [0.05, 0.1) is 12.1 Å². The molecule has 0 aliphatic carbocycles. The zero-order chi connectivity index (χ0) is 14.0. The van der Waals surface area contributed by atoms with Crippen molar-refractivity contribution in [2.24, 2.45) is 5.73 Å². The van der Waals surface area contributed by atoms with Crippen LogP contribution in [-0.4, -0.2) is 38.2 Å². The van der Waals surface area contributed by atoms with Crippen LogP contribution >= 0.6 is 0 Å². The molecule has 0 aromatic carbocycles. The molecule has 1 aromatic heterocycles. The normalized spacial score (nSPS) is 14.5. The smallest absolute Gasteiger partial charge is 0.242 e. The predicted molar refractivity (Wildman–Crippen MR) is 72.3 cm³/mol. The summed E-state index contributed by atoms with van der Waals surface area (Å²) in [6.45, 7) is 5.33. The lowest BCUT2D eigenvalue weighted by Crippen LogP contribution is -2.53. The van der Waals surface area contributed by atoms with Gasteiger partial charge in [0.1, 0.15) is 5.82 Å². The van der Waals surface area contributed by atoms with Crippen molar-refractivity contribution in [3.63, 3.8) is 0 Å². The number of carbonyl (C=O) groups is 1. The lowest BCUT2D eigenvalue weighted by molar-refractivity contribution is -0.136. The van der Waals surface area contributed by atoms with E-state index >= 15 is 0 Å². The Balaban J connectivity index is 2.08. The molecule has 2 N–H and O–H groups in total. The van der Waals surface area contributed by atoms with Gasteiger partial charge < -0.3 is 15.2 Å². The Kier molecular flexibility index (Phi) is 3.89. The van der Waals surface area contributed by atoms with Gasteiger partial charge >= 0.3 is 0 Å². The zero-order valence-corrected chi connectivity index (χ0v) is 12.0. The minimum absolute atomic E-state index is 0.0205. The molecule has 19 heavy (non-hydrogen) atoms. The number of aromatic nitrogens is 3. The van der Waals surface area contributed by atoms with Crippen LogP contribution < -0.4 is 5.73 Å². The van der Waals surface area contributed by atoms with Crippen LogP contribution in [-0.2, 0) is 24.3 Å². The molecule has 106 valence electrons. The van der Waals surface area contributed by atoms with Gasteiger partial charge in [-0.05, 0) is 19.3 Å². The van der Waals surface area contributed by atoms with E-state index in [0.717, 1.165) is 31.0 Å². The maximum Gasteiger partial charge on any atom is 0.242 e. The van der Waals surface area contributed by atoms with Gasteiger partial charge in [0, 0.05) is 20.0 Å². The van der Waals surface area contributed by atoms with Gasteiger partial charge in [-0.15, -0.1) is 10.2 Å². The summed E-state index contributed by atoms with van der Waals surface area (Å²) in [6, 6.07) is 0. The van der Waals surface area contributed by atoms with E-state index in [1.54, 1.807) is 11.9 Å². The molecule has 1 amide bonds. The highest BCUT2D eigenvalue weighted by atomic mass is 16.2. The first-order valence-electron chi connectivity index (χ1n) is 6.97. The fourth-order valence-corrected chi connectivity index (χ4v) is 2.54. The summed E-state index contributed by atoms with van der Waals surface area (Å²) in [5, 5.41) is 8.33. The topological polar surface area (TPSA) is 77.0 Å². The van der Waals surface area contributed by atoms with Crippen molar-refractivity contribution in [1.82, 2.24) is 19.7 Å². The SMILES string of the molecule is CCC(N)(CC)C(=O)N(C)Cc1nnc2n1CCC2. The first kappa shape index (κ1) is 14.0. The lowest BCUT2D eigenvalue weighted by atomic mass is 9.92. The van der Waals surface area contributed by atoms with Crippen LogP contribution in [0.15, 0.2) is 0 Å². The van der Waals surface area contributed by atoms with Crippen LogP contribution in [0.2, 0.25) is 0 Å². The van der Waals surface area contributed by atoms with Crippen LogP contribution in [0.5, 0.6) is 0 Å². The number of nitrogens with zero attached hydrogens (tertiary/aromatic N) is 4. The maximum absolute atomic E-state index is 12.4. The van der Waals surface area contributed by atoms with Gasteiger partial charge in [0.2, 0.25) is 5.91 Å². The molecule has 0 saturated carbocycles. The molecule has 1 aromatic rings. The number of fused-ring (bicyclic) bond motifs is 1. The van der Waals surface area contributed by atoms with Crippen molar-refractivity contribution in [2.75, 3.05) is 7.05 Å². The zero-order valence-electron chi connectivity index (χ0n) is 12.0. The lowest BCUT2D eigenvalue weighted by Gasteiger charge is -2.30. The van der Waals surface area contributed by atoms with Crippen LogP contribution in [0, 0.1) is 0 Å². The predicted octanol–water partition coefficient (Wildman–Crippen LogP) is 0.700. The second-order valence-electron chi connectivity index (χ2n) is 5.31. The summed E-state index contributed by atoms with van der Waals surface area (Å²) in [5.41, 5.74) is 5.39. The monoisotopic (exact) mass is 265 g/mol. The molecule has 6 heteroatoms. The van der Waals surface area contributed by atoms with Gasteiger partial charge in [-0.1, -0.05) is 13.8 Å². The summed E-state index contributed by atoms with van der Waals surface area (Å²) >= 11 is 0. The molecule has 0 spiro atoms. The van der Waals surface area contributed by atoms with Gasteiger partial charge in [0.25, 0.3) is 0 Å². The Morgan fingerprint density at radius 3 is 2.74 bits per heavy atom. The number of likely N-dealkylation sites (N-methyl/N-ethyl adjacent to an activating group) is 1. The summed E-state index contributed by atoms with van der Waals surface area (Å²) in [6.07, 6.45) is 3.38. The third kappa shape index (κ3) is 2.49. The summed E-state index contributed by atoms with van der Waals surface area (Å²) in [5.74, 6) is 1.87. The molecular weight excluding hydrogens is 242 g/mol. The first-order valence-corrected chi connectivity index (χ1v) is 6.97. The average Bonchev–Trinajstić information content (AvgIpc) is 3.01. The van der Waals surface area contributed by atoms with Crippen LogP contribution in [0.25, 0.3) is 0 Å². The molecule has 1 aliphatic heterocycles. The van der Waals surface area contributed by atoms with Crippen molar-refractivity contribution in [3.05, 3.63) is 11.6 Å². The third-order valence-electron chi connectivity index (χ3n) is 4.10. The Morgan fingerprint density at radius 2 is 2.11 bits per heavy atom. The molecule has 0 bridgehead atoms. The number of aryl methyl sites for hydroxylation is 1. The van der Waals surface area contributed by atoms with Crippen LogP contribution in [0.1, 0.15) is 44.8 Å². The summed E-state index contributed by atoms with van der Waals surface area (Å²) in [7, 11) is 1.78. The van der Waals surface area contributed by atoms with Crippen LogP contribution in [0.3, 0.4) is 0 Å². The van der Waals surface area contributed by atoms with Gasteiger partial charge in [-0.2, -0.15) is 0 Å². The minimum Gasteiger partial charge on any atom is -0.337 e. The largest absolute Gasteiger partial charge is 0.337 e. The molecule has 6 nitrogen and oxygen atoms in total. The Labute approximate surface area is 114 Å². The van der Waals surface area contributed by atoms with E-state index in [4.69, 9.17) is 5.73 Å². The van der Waals surface area contributed by atoms with E-state index in [0.29, 0.717) is 19.4 Å². The molecule has 0 saturated heterocycles. The fraction of sp³-hybridized carbons (Fsp3) is 0.769. The molecule has 2 rings (SSSR count). The number of hydrogen-bond acceptors (Lipinski definition) is 4. The van der Waals surface area contributed by atoms with Gasteiger partial charge in [-0.25, -0.2) is 0 Å². The highest BCUT2D eigenvalue weighted by molar-refractivity contribution is 5.85. The first-order chi connectivity index (χ1) is 9.01. The molecular formula is C13H23N5O. The minimum atomic E-state index is -0.761. The van der Waals surface area contributed by atoms with E-state index in [-0.39, 0.29) is 5.91 Å². The molecule has 0 fully saturated rings. The van der Waals surface area contributed by atoms with Crippen molar-refractivity contribution < 1.29 is 4.79 Å². The van der Waals surface area contributed by atoms with E-state index in [9.17, 15) is 4.79 Å².